The first-order valence-electron chi connectivity index (χ1n) is 3.83. The van der Waals surface area contributed by atoms with Crippen LogP contribution in [-0.2, 0) is 4.79 Å². The maximum atomic E-state index is 10.1. The lowest BCUT2D eigenvalue weighted by molar-refractivity contribution is 0.355. The fourth-order valence-electron chi connectivity index (χ4n) is 1.30. The lowest BCUT2D eigenvalue weighted by atomic mass is 9.88. The van der Waals surface area contributed by atoms with Gasteiger partial charge in [0, 0.05) is 0 Å². The number of carbonyl (C=O) groups excluding carboxylic acids is 1. The van der Waals surface area contributed by atoms with Crippen molar-refractivity contribution < 1.29 is 4.79 Å². The first-order chi connectivity index (χ1) is 5.17. The van der Waals surface area contributed by atoms with Crippen molar-refractivity contribution in [1.29, 1.82) is 0 Å². The van der Waals surface area contributed by atoms with Gasteiger partial charge in [-0.2, -0.15) is 16.8 Å². The molecule has 3 heteroatoms. The van der Waals surface area contributed by atoms with Gasteiger partial charge in [-0.3, -0.25) is 0 Å². The summed E-state index contributed by atoms with van der Waals surface area (Å²) in [5, 5.41) is 0. The third-order valence-corrected chi connectivity index (χ3v) is 3.43. The number of aliphatic imine (C=N–C) groups is 1. The third-order valence-electron chi connectivity index (χ3n) is 2.26. The van der Waals surface area contributed by atoms with Crippen LogP contribution in [0.4, 0.5) is 0 Å². The van der Waals surface area contributed by atoms with Gasteiger partial charge in [-0.25, -0.2) is 4.79 Å². The lowest BCUT2D eigenvalue weighted by Gasteiger charge is -2.24. The molecule has 0 spiro atoms. The van der Waals surface area contributed by atoms with Crippen LogP contribution >= 0.6 is 11.8 Å². The van der Waals surface area contributed by atoms with Gasteiger partial charge < -0.3 is 0 Å². The summed E-state index contributed by atoms with van der Waals surface area (Å²) in [6.45, 7) is 4.02. The number of hydrogen-bond donors (Lipinski definition) is 0. The molecule has 0 aliphatic carbocycles. The Labute approximate surface area is 71.5 Å². The minimum absolute atomic E-state index is 0.189. The van der Waals surface area contributed by atoms with E-state index in [9.17, 15) is 4.79 Å². The second-order valence-corrected chi connectivity index (χ2v) is 4.57. The van der Waals surface area contributed by atoms with E-state index >= 15 is 0 Å². The number of nitrogens with zero attached hydrogens (tertiary/aromatic N) is 1. The van der Waals surface area contributed by atoms with E-state index in [-0.39, 0.29) is 5.54 Å². The van der Waals surface area contributed by atoms with E-state index in [2.05, 4.69) is 4.99 Å². The summed E-state index contributed by atoms with van der Waals surface area (Å²) in [6.07, 6.45) is 2.83. The summed E-state index contributed by atoms with van der Waals surface area (Å²) in [4.78, 5) is 13.9. The highest BCUT2D eigenvalue weighted by Gasteiger charge is 2.31. The fraction of sp³-hybridized carbons (Fsp3) is 0.875. The van der Waals surface area contributed by atoms with Crippen LogP contribution < -0.4 is 0 Å². The maximum absolute atomic E-state index is 10.1. The lowest BCUT2D eigenvalue weighted by Crippen LogP contribution is -2.28. The van der Waals surface area contributed by atoms with Gasteiger partial charge in [-0.15, -0.1) is 0 Å². The van der Waals surface area contributed by atoms with Crippen LogP contribution in [0.2, 0.25) is 0 Å². The highest BCUT2D eigenvalue weighted by molar-refractivity contribution is 7.99. The molecule has 1 unspecified atom stereocenters. The normalized spacial score (nSPS) is 24.7. The molecule has 62 valence electrons. The Kier molecular flexibility index (Phi) is 2.74. The van der Waals surface area contributed by atoms with Gasteiger partial charge in [0.2, 0.25) is 6.08 Å². The number of isocyanates is 1. The molecule has 1 atom stereocenters. The van der Waals surface area contributed by atoms with Crippen molar-refractivity contribution >= 4 is 17.8 Å². The number of rotatable bonds is 2. The van der Waals surface area contributed by atoms with E-state index in [0.717, 1.165) is 5.75 Å². The van der Waals surface area contributed by atoms with Gasteiger partial charge in [0.15, 0.2) is 0 Å². The van der Waals surface area contributed by atoms with Gasteiger partial charge >= 0.3 is 0 Å². The van der Waals surface area contributed by atoms with Crippen molar-refractivity contribution in [2.45, 2.75) is 25.8 Å². The van der Waals surface area contributed by atoms with Crippen molar-refractivity contribution in [3.63, 3.8) is 0 Å². The fourth-order valence-corrected chi connectivity index (χ4v) is 2.78. The van der Waals surface area contributed by atoms with Crippen molar-refractivity contribution in [3.8, 4) is 0 Å². The van der Waals surface area contributed by atoms with E-state index in [4.69, 9.17) is 0 Å². The van der Waals surface area contributed by atoms with Crippen LogP contribution in [0.3, 0.4) is 0 Å². The monoisotopic (exact) mass is 171 g/mol. The van der Waals surface area contributed by atoms with E-state index in [1.165, 1.54) is 12.2 Å². The summed E-state index contributed by atoms with van der Waals surface area (Å²) >= 11 is 1.95. The molecule has 0 radical (unpaired) electrons. The first-order valence-corrected chi connectivity index (χ1v) is 4.99. The van der Waals surface area contributed by atoms with Crippen LogP contribution in [-0.4, -0.2) is 23.1 Å². The highest BCUT2D eigenvalue weighted by Crippen LogP contribution is 2.34. The molecule has 0 aromatic rings. The highest BCUT2D eigenvalue weighted by atomic mass is 32.2. The predicted octanol–water partition coefficient (Wildman–Crippen LogP) is 1.85. The van der Waals surface area contributed by atoms with E-state index in [0.29, 0.717) is 5.92 Å². The van der Waals surface area contributed by atoms with Crippen LogP contribution in [0.15, 0.2) is 4.99 Å². The minimum atomic E-state index is -0.189. The van der Waals surface area contributed by atoms with Crippen molar-refractivity contribution in [3.05, 3.63) is 0 Å². The molecular weight excluding hydrogens is 158 g/mol. The molecule has 2 nitrogen and oxygen atoms in total. The molecule has 1 rings (SSSR count). The largest absolute Gasteiger partial charge is 0.235 e. The Bertz CT molecular complexity index is 179. The van der Waals surface area contributed by atoms with Crippen molar-refractivity contribution in [1.82, 2.24) is 0 Å². The summed E-state index contributed by atoms with van der Waals surface area (Å²) in [7, 11) is 0. The smallest absolute Gasteiger partial charge is 0.211 e. The zero-order chi connectivity index (χ0) is 8.32. The van der Waals surface area contributed by atoms with E-state index in [1.807, 2.05) is 25.6 Å². The maximum Gasteiger partial charge on any atom is 0.235 e. The standard InChI is InChI=1S/C8H13NOS/c1-8(2,9-6-10)7-3-4-11-5-7/h7H,3-5H2,1-2H3. The topological polar surface area (TPSA) is 29.4 Å². The zero-order valence-corrected chi connectivity index (χ0v) is 7.78. The average Bonchev–Trinajstić information content (AvgIpc) is 2.37. The Morgan fingerprint density at radius 3 is 2.82 bits per heavy atom. The Balaban J connectivity index is 2.62. The van der Waals surface area contributed by atoms with Gasteiger partial charge in [0.25, 0.3) is 0 Å². The summed E-state index contributed by atoms with van der Waals surface area (Å²) in [5.41, 5.74) is -0.189. The Morgan fingerprint density at radius 1 is 1.64 bits per heavy atom. The van der Waals surface area contributed by atoms with Gasteiger partial charge in [-0.1, -0.05) is 0 Å². The molecule has 0 aromatic carbocycles. The summed E-state index contributed by atoms with van der Waals surface area (Å²) in [6, 6.07) is 0. The molecule has 0 aromatic heterocycles. The molecule has 1 heterocycles. The SMILES string of the molecule is CC(C)(N=C=O)C1CCSC1. The molecule has 1 aliphatic heterocycles. The quantitative estimate of drug-likeness (QED) is 0.469. The Morgan fingerprint density at radius 2 is 2.36 bits per heavy atom. The predicted molar refractivity (Wildman–Crippen MR) is 47.6 cm³/mol. The first kappa shape index (κ1) is 8.82. The molecule has 0 bridgehead atoms. The number of hydrogen-bond acceptors (Lipinski definition) is 3. The molecule has 11 heavy (non-hydrogen) atoms. The second kappa shape index (κ2) is 3.42. The zero-order valence-electron chi connectivity index (χ0n) is 6.96. The van der Waals surface area contributed by atoms with Crippen LogP contribution in [0, 0.1) is 5.92 Å². The average molecular weight is 171 g/mol. The Hall–Kier alpha value is -0.270. The molecule has 1 fully saturated rings. The van der Waals surface area contributed by atoms with Crippen molar-refractivity contribution in [2.75, 3.05) is 11.5 Å². The molecule has 0 saturated carbocycles. The minimum Gasteiger partial charge on any atom is -0.211 e. The van der Waals surface area contributed by atoms with E-state index in [1.54, 1.807) is 6.08 Å². The number of thioether (sulfide) groups is 1. The van der Waals surface area contributed by atoms with Gasteiger partial charge in [0.1, 0.15) is 0 Å². The molecule has 0 N–H and O–H groups in total. The second-order valence-electron chi connectivity index (χ2n) is 3.42. The molecule has 0 amide bonds. The van der Waals surface area contributed by atoms with E-state index < -0.39 is 0 Å². The summed E-state index contributed by atoms with van der Waals surface area (Å²) < 4.78 is 0. The van der Waals surface area contributed by atoms with Gasteiger partial charge in [-0.05, 0) is 37.7 Å². The van der Waals surface area contributed by atoms with Crippen molar-refractivity contribution in [2.24, 2.45) is 10.9 Å². The van der Waals surface area contributed by atoms with Gasteiger partial charge in [0.05, 0.1) is 5.54 Å². The summed E-state index contributed by atoms with van der Waals surface area (Å²) in [5.74, 6) is 2.91. The molecule has 1 saturated heterocycles. The third kappa shape index (κ3) is 2.08. The molecule has 1 aliphatic rings. The molecular formula is C8H13NOS. The van der Waals surface area contributed by atoms with Crippen LogP contribution in [0.1, 0.15) is 20.3 Å². The van der Waals surface area contributed by atoms with Crippen LogP contribution in [0.5, 0.6) is 0 Å². The van der Waals surface area contributed by atoms with Crippen LogP contribution in [0.25, 0.3) is 0 Å².